The molecule has 1 aromatic carbocycles. The Hall–Kier alpha value is -2.54. The minimum atomic E-state index is -1.54. The minimum absolute atomic E-state index is 0.0223. The molecule has 1 fully saturated rings. The zero-order chi connectivity index (χ0) is 22.8. The predicted octanol–water partition coefficient (Wildman–Crippen LogP) is 2.90. The van der Waals surface area contributed by atoms with Gasteiger partial charge in [0.25, 0.3) is 0 Å². The highest BCUT2D eigenvalue weighted by atomic mass is 35.5. The van der Waals surface area contributed by atoms with Crippen molar-refractivity contribution < 1.29 is 29.3 Å². The quantitative estimate of drug-likeness (QED) is 0.222. The number of carbonyl (C=O) groups is 3. The smallest absolute Gasteiger partial charge is 0.357 e. The van der Waals surface area contributed by atoms with Gasteiger partial charge >= 0.3 is 5.97 Å². The van der Waals surface area contributed by atoms with Crippen molar-refractivity contribution in [2.24, 2.45) is 11.3 Å². The maximum absolute atomic E-state index is 12.6. The van der Waals surface area contributed by atoms with Gasteiger partial charge in [0.05, 0.1) is 17.6 Å². The zero-order valence-corrected chi connectivity index (χ0v) is 18.3. The number of likely N-dealkylation sites (tertiary alicyclic amines) is 1. The van der Waals surface area contributed by atoms with Crippen LogP contribution in [0.4, 0.5) is 0 Å². The largest absolute Gasteiger partial charge is 0.476 e. The molecule has 1 heterocycles. The lowest BCUT2D eigenvalue weighted by Gasteiger charge is -2.44. The molecule has 1 amide bonds. The van der Waals surface area contributed by atoms with E-state index < -0.39 is 50.7 Å². The topological polar surface area (TPSA) is 128 Å². The fourth-order valence-corrected chi connectivity index (χ4v) is 3.94. The number of rotatable bonds is 6. The standard InChI is InChI=1S/C20H21ClN2O6S/c1-10(24)13-15(21)23(16(13)25)14(17(26)27)18(30-19(28)20(2,3)4)29-12-8-6-5-7-11(12)9-22/h5-8,10,13,15,24H,1-4H3,(H,26,27)/t10-,13-,15-/m1/s1. The SMILES string of the molecule is C[C@@H](O)[C@H]1C(=O)N(C(C(=O)O)=C(Oc2ccccc2C#N)SC(=O)C(C)(C)C)[C@H]1Cl. The average molecular weight is 453 g/mol. The summed E-state index contributed by atoms with van der Waals surface area (Å²) in [5, 5.41) is 28.0. The molecule has 30 heavy (non-hydrogen) atoms. The second-order valence-corrected chi connectivity index (χ2v) is 9.03. The van der Waals surface area contributed by atoms with Crippen LogP contribution in [0.15, 0.2) is 35.1 Å². The summed E-state index contributed by atoms with van der Waals surface area (Å²) >= 11 is 6.69. The Balaban J connectivity index is 2.60. The lowest BCUT2D eigenvalue weighted by molar-refractivity contribution is -0.158. The summed E-state index contributed by atoms with van der Waals surface area (Å²) in [5.41, 5.74) is -2.51. The van der Waals surface area contributed by atoms with E-state index in [0.29, 0.717) is 11.8 Å². The van der Waals surface area contributed by atoms with E-state index >= 15 is 0 Å². The van der Waals surface area contributed by atoms with Crippen molar-refractivity contribution in [1.82, 2.24) is 4.90 Å². The molecular weight excluding hydrogens is 432 g/mol. The van der Waals surface area contributed by atoms with Crippen LogP contribution in [0, 0.1) is 22.7 Å². The normalized spacial score (nSPS) is 20.6. The van der Waals surface area contributed by atoms with E-state index in [2.05, 4.69) is 0 Å². The summed E-state index contributed by atoms with van der Waals surface area (Å²) in [4.78, 5) is 38.0. The first kappa shape index (κ1) is 23.7. The van der Waals surface area contributed by atoms with Crippen molar-refractivity contribution in [1.29, 1.82) is 5.26 Å². The molecule has 10 heteroatoms. The van der Waals surface area contributed by atoms with Gasteiger partial charge < -0.3 is 14.9 Å². The van der Waals surface area contributed by atoms with Gasteiger partial charge in [-0.05, 0) is 30.8 Å². The molecule has 8 nitrogen and oxygen atoms in total. The number of nitriles is 1. The number of amides is 1. The molecular formula is C20H21ClN2O6S. The van der Waals surface area contributed by atoms with Gasteiger partial charge in [-0.1, -0.05) is 44.5 Å². The Bertz CT molecular complexity index is 947. The highest BCUT2D eigenvalue weighted by Gasteiger charge is 2.53. The molecule has 2 rings (SSSR count). The van der Waals surface area contributed by atoms with Gasteiger partial charge in [-0.25, -0.2) is 4.79 Å². The van der Waals surface area contributed by atoms with Gasteiger partial charge in [0, 0.05) is 5.41 Å². The number of aliphatic hydroxyl groups excluding tert-OH is 1. The number of aliphatic hydroxyl groups is 1. The number of halogens is 1. The highest BCUT2D eigenvalue weighted by Crippen LogP contribution is 2.40. The molecule has 1 aromatic rings. The molecule has 0 radical (unpaired) electrons. The molecule has 0 bridgehead atoms. The van der Waals surface area contributed by atoms with Gasteiger partial charge in [0.2, 0.25) is 11.0 Å². The van der Waals surface area contributed by atoms with Crippen LogP contribution in [-0.4, -0.2) is 43.7 Å². The number of carboxylic acid groups (broad SMARTS) is 1. The summed E-state index contributed by atoms with van der Waals surface area (Å²) in [6.45, 7) is 6.31. The number of para-hydroxylation sites is 1. The summed E-state index contributed by atoms with van der Waals surface area (Å²) in [7, 11) is 0. The average Bonchev–Trinajstić information content (AvgIpc) is 2.64. The van der Waals surface area contributed by atoms with Crippen LogP contribution < -0.4 is 4.74 Å². The van der Waals surface area contributed by atoms with Crippen LogP contribution in [0.2, 0.25) is 0 Å². The van der Waals surface area contributed by atoms with Crippen molar-refractivity contribution in [2.45, 2.75) is 39.3 Å². The van der Waals surface area contributed by atoms with E-state index in [-0.39, 0.29) is 11.3 Å². The number of nitrogens with zero attached hydrogens (tertiary/aromatic N) is 2. The van der Waals surface area contributed by atoms with Crippen LogP contribution in [0.5, 0.6) is 5.75 Å². The molecule has 0 saturated carbocycles. The third kappa shape index (κ3) is 4.78. The molecule has 0 aromatic heterocycles. The van der Waals surface area contributed by atoms with Crippen molar-refractivity contribution in [3.63, 3.8) is 0 Å². The van der Waals surface area contributed by atoms with E-state index in [1.807, 2.05) is 6.07 Å². The number of ether oxygens (including phenoxy) is 1. The molecule has 0 aliphatic carbocycles. The fraction of sp³-hybridized carbons (Fsp3) is 0.400. The number of hydrogen-bond donors (Lipinski definition) is 2. The van der Waals surface area contributed by atoms with Crippen LogP contribution >= 0.6 is 23.4 Å². The Morgan fingerprint density at radius 3 is 2.40 bits per heavy atom. The number of aliphatic carboxylic acids is 1. The van der Waals surface area contributed by atoms with Gasteiger partial charge in [0.15, 0.2) is 10.8 Å². The monoisotopic (exact) mass is 452 g/mol. The zero-order valence-electron chi connectivity index (χ0n) is 16.7. The van der Waals surface area contributed by atoms with Crippen LogP contribution in [-0.2, 0) is 14.4 Å². The molecule has 1 saturated heterocycles. The molecule has 1 aliphatic heterocycles. The van der Waals surface area contributed by atoms with Crippen LogP contribution in [0.1, 0.15) is 33.3 Å². The van der Waals surface area contributed by atoms with Gasteiger partial charge in [-0.2, -0.15) is 5.26 Å². The van der Waals surface area contributed by atoms with Crippen molar-refractivity contribution in [3.8, 4) is 11.8 Å². The van der Waals surface area contributed by atoms with Gasteiger partial charge in [-0.3, -0.25) is 14.5 Å². The third-order valence-electron chi connectivity index (χ3n) is 4.23. The number of carboxylic acids is 1. The van der Waals surface area contributed by atoms with Crippen molar-refractivity contribution >= 4 is 40.4 Å². The van der Waals surface area contributed by atoms with E-state index in [0.717, 1.165) is 4.90 Å². The molecule has 160 valence electrons. The Morgan fingerprint density at radius 2 is 1.93 bits per heavy atom. The first-order chi connectivity index (χ1) is 13.9. The highest BCUT2D eigenvalue weighted by molar-refractivity contribution is 8.16. The van der Waals surface area contributed by atoms with Gasteiger partial charge in [-0.15, -0.1) is 0 Å². The number of β-lactam (4-membered cyclic amide) rings is 1. The van der Waals surface area contributed by atoms with E-state index in [1.165, 1.54) is 19.1 Å². The first-order valence-electron chi connectivity index (χ1n) is 8.92. The second-order valence-electron chi connectivity index (χ2n) is 7.64. The third-order valence-corrected chi connectivity index (χ3v) is 5.96. The number of benzene rings is 1. The number of carbonyl (C=O) groups excluding carboxylic acids is 2. The van der Waals surface area contributed by atoms with Crippen molar-refractivity contribution in [2.75, 3.05) is 0 Å². The lowest BCUT2D eigenvalue weighted by atomic mass is 9.92. The number of alkyl halides is 1. The van der Waals surface area contributed by atoms with E-state index in [1.54, 1.807) is 32.9 Å². The summed E-state index contributed by atoms with van der Waals surface area (Å²) in [6.07, 6.45) is -1.08. The van der Waals surface area contributed by atoms with E-state index in [4.69, 9.17) is 16.3 Å². The number of thioether (sulfide) groups is 1. The van der Waals surface area contributed by atoms with Crippen LogP contribution in [0.25, 0.3) is 0 Å². The summed E-state index contributed by atoms with van der Waals surface area (Å²) in [5.74, 6) is -3.22. The Labute approximate surface area is 183 Å². The van der Waals surface area contributed by atoms with Crippen LogP contribution in [0.3, 0.4) is 0 Å². The Kier molecular flexibility index (Phi) is 7.18. The lowest BCUT2D eigenvalue weighted by Crippen LogP contribution is -2.62. The molecule has 0 spiro atoms. The Morgan fingerprint density at radius 1 is 1.33 bits per heavy atom. The minimum Gasteiger partial charge on any atom is -0.476 e. The second kappa shape index (κ2) is 9.08. The number of hydrogen-bond acceptors (Lipinski definition) is 7. The van der Waals surface area contributed by atoms with E-state index in [9.17, 15) is 29.9 Å². The fourth-order valence-electron chi connectivity index (χ4n) is 2.54. The maximum Gasteiger partial charge on any atom is 0.357 e. The molecule has 1 aliphatic rings. The van der Waals surface area contributed by atoms with Gasteiger partial charge in [0.1, 0.15) is 17.3 Å². The summed E-state index contributed by atoms with van der Waals surface area (Å²) in [6, 6.07) is 8.00. The summed E-state index contributed by atoms with van der Waals surface area (Å²) < 4.78 is 5.68. The molecule has 2 N–H and O–H groups in total. The van der Waals surface area contributed by atoms with Crippen molar-refractivity contribution in [3.05, 3.63) is 40.6 Å². The predicted molar refractivity (Wildman–Crippen MR) is 110 cm³/mol. The first-order valence-corrected chi connectivity index (χ1v) is 10.2. The maximum atomic E-state index is 12.6. The molecule has 3 atom stereocenters. The molecule has 0 unspecified atom stereocenters.